The summed E-state index contributed by atoms with van der Waals surface area (Å²) in [5.74, 6) is -0.243. The van der Waals surface area contributed by atoms with E-state index in [-0.39, 0.29) is 23.8 Å². The van der Waals surface area contributed by atoms with E-state index in [1.807, 2.05) is 27.7 Å². The number of hydrogen-bond acceptors (Lipinski definition) is 5. The van der Waals surface area contributed by atoms with Crippen LogP contribution in [0.15, 0.2) is 23.7 Å². The van der Waals surface area contributed by atoms with E-state index in [1.54, 1.807) is 18.2 Å². The zero-order valence-electron chi connectivity index (χ0n) is 15.3. The molecule has 0 aromatic heterocycles. The molecule has 2 N–H and O–H groups in total. The molecule has 1 aromatic rings. The van der Waals surface area contributed by atoms with Crippen molar-refractivity contribution in [1.82, 2.24) is 5.32 Å². The van der Waals surface area contributed by atoms with Gasteiger partial charge in [0.1, 0.15) is 5.75 Å². The molecular formula is C18H24BNO5. The molecule has 1 aromatic carbocycles. The Hall–Kier alpha value is -2.12. The molecule has 0 atom stereocenters. The summed E-state index contributed by atoms with van der Waals surface area (Å²) < 4.78 is 12.1. The molecule has 1 aliphatic heterocycles. The van der Waals surface area contributed by atoms with E-state index >= 15 is 0 Å². The molecule has 0 bridgehead atoms. The Morgan fingerprint density at radius 3 is 2.36 bits per heavy atom. The van der Waals surface area contributed by atoms with Gasteiger partial charge in [0.25, 0.3) is 0 Å². The molecule has 1 amide bonds. The van der Waals surface area contributed by atoms with Gasteiger partial charge < -0.3 is 19.7 Å². The van der Waals surface area contributed by atoms with Crippen LogP contribution in [0.2, 0.25) is 0 Å². The van der Waals surface area contributed by atoms with Gasteiger partial charge in [-0.1, -0.05) is 12.1 Å². The molecule has 134 valence electrons. The van der Waals surface area contributed by atoms with Gasteiger partial charge in [0.15, 0.2) is 6.29 Å². The fourth-order valence-corrected chi connectivity index (χ4v) is 2.39. The van der Waals surface area contributed by atoms with Crippen molar-refractivity contribution in [3.05, 3.63) is 34.8 Å². The van der Waals surface area contributed by atoms with Crippen molar-refractivity contribution in [2.45, 2.75) is 45.8 Å². The summed E-state index contributed by atoms with van der Waals surface area (Å²) in [4.78, 5) is 22.3. The van der Waals surface area contributed by atoms with Crippen LogP contribution in [0, 0.1) is 0 Å². The number of aldehydes is 1. The first-order valence-corrected chi connectivity index (χ1v) is 8.14. The molecule has 0 aliphatic carbocycles. The lowest BCUT2D eigenvalue weighted by molar-refractivity contribution is -0.118. The molecule has 0 spiro atoms. The molecule has 0 radical (unpaired) electrons. The maximum Gasteiger partial charge on any atom is 0.492 e. The second kappa shape index (κ2) is 7.02. The van der Waals surface area contributed by atoms with E-state index in [0.717, 1.165) is 5.47 Å². The number of aromatic hydroxyl groups is 1. The standard InChI is InChI=1S/C18H24BNO5/c1-12(22)20-10-15(19-24-17(2,3)18(4,5)25-19)9-13-6-7-16(23)14(8-13)11-21/h6-9,11,23H,10H2,1-5H3,(H,20,22). The summed E-state index contributed by atoms with van der Waals surface area (Å²) in [7, 11) is -0.620. The van der Waals surface area contributed by atoms with E-state index in [2.05, 4.69) is 5.32 Å². The molecule has 1 saturated heterocycles. The predicted molar refractivity (Wildman–Crippen MR) is 96.2 cm³/mol. The Morgan fingerprint density at radius 2 is 1.84 bits per heavy atom. The predicted octanol–water partition coefficient (Wildman–Crippen LogP) is 2.36. The van der Waals surface area contributed by atoms with Crippen LogP contribution in [0.4, 0.5) is 0 Å². The first kappa shape index (κ1) is 19.2. The summed E-state index contributed by atoms with van der Waals surface area (Å²) in [6, 6.07) is 4.71. The largest absolute Gasteiger partial charge is 0.507 e. The van der Waals surface area contributed by atoms with Crippen LogP contribution in [-0.4, -0.2) is 42.2 Å². The highest BCUT2D eigenvalue weighted by molar-refractivity contribution is 6.56. The van der Waals surface area contributed by atoms with Crippen molar-refractivity contribution < 1.29 is 24.0 Å². The third-order valence-electron chi connectivity index (χ3n) is 4.63. The van der Waals surface area contributed by atoms with E-state index in [4.69, 9.17) is 9.31 Å². The number of carbonyl (C=O) groups excluding carboxylic acids is 2. The summed E-state index contributed by atoms with van der Waals surface area (Å²) in [6.07, 6.45) is 2.39. The fraction of sp³-hybridized carbons (Fsp3) is 0.444. The van der Waals surface area contributed by atoms with Crippen LogP contribution in [0.3, 0.4) is 0 Å². The van der Waals surface area contributed by atoms with Gasteiger partial charge in [-0.15, -0.1) is 0 Å². The second-order valence-corrected chi connectivity index (χ2v) is 7.15. The monoisotopic (exact) mass is 345 g/mol. The van der Waals surface area contributed by atoms with Gasteiger partial charge >= 0.3 is 7.12 Å². The van der Waals surface area contributed by atoms with E-state index < -0.39 is 18.3 Å². The third kappa shape index (κ3) is 4.30. The fourth-order valence-electron chi connectivity index (χ4n) is 2.39. The number of rotatable bonds is 5. The average Bonchev–Trinajstić information content (AvgIpc) is 2.73. The van der Waals surface area contributed by atoms with Crippen LogP contribution in [-0.2, 0) is 14.1 Å². The molecule has 2 rings (SSSR count). The molecule has 6 nitrogen and oxygen atoms in total. The van der Waals surface area contributed by atoms with Crippen LogP contribution >= 0.6 is 0 Å². The average molecular weight is 345 g/mol. The zero-order valence-corrected chi connectivity index (χ0v) is 15.3. The number of carbonyl (C=O) groups is 2. The quantitative estimate of drug-likeness (QED) is 0.632. The minimum Gasteiger partial charge on any atom is -0.507 e. The Morgan fingerprint density at radius 1 is 1.24 bits per heavy atom. The van der Waals surface area contributed by atoms with Gasteiger partial charge in [-0.3, -0.25) is 9.59 Å². The first-order valence-electron chi connectivity index (χ1n) is 8.14. The molecule has 1 fully saturated rings. The Balaban J connectivity index is 2.36. The SMILES string of the molecule is CC(=O)NCC(=Cc1ccc(O)c(C=O)c1)B1OC(C)(C)C(C)(C)O1. The number of hydrogen-bond donors (Lipinski definition) is 2. The highest BCUT2D eigenvalue weighted by atomic mass is 16.7. The van der Waals surface area contributed by atoms with Gasteiger partial charge in [0.2, 0.25) is 5.91 Å². The number of nitrogens with one attached hydrogen (secondary N) is 1. The van der Waals surface area contributed by atoms with Gasteiger partial charge in [-0.2, -0.15) is 0 Å². The summed E-state index contributed by atoms with van der Waals surface area (Å²) in [6.45, 7) is 9.50. The van der Waals surface area contributed by atoms with E-state index in [9.17, 15) is 14.7 Å². The number of benzene rings is 1. The minimum absolute atomic E-state index is 0.0776. The molecule has 25 heavy (non-hydrogen) atoms. The van der Waals surface area contributed by atoms with Crippen molar-refractivity contribution in [3.63, 3.8) is 0 Å². The Kier molecular flexibility index (Phi) is 5.39. The van der Waals surface area contributed by atoms with E-state index in [1.165, 1.54) is 13.0 Å². The van der Waals surface area contributed by atoms with Crippen LogP contribution in [0.1, 0.15) is 50.5 Å². The highest BCUT2D eigenvalue weighted by Gasteiger charge is 2.52. The number of amides is 1. The van der Waals surface area contributed by atoms with Crippen molar-refractivity contribution in [2.75, 3.05) is 6.54 Å². The third-order valence-corrected chi connectivity index (χ3v) is 4.63. The summed E-state index contributed by atoms with van der Waals surface area (Å²) in [5, 5.41) is 12.4. The second-order valence-electron chi connectivity index (χ2n) is 7.15. The smallest absolute Gasteiger partial charge is 0.492 e. The maximum atomic E-state index is 11.3. The van der Waals surface area contributed by atoms with Crippen molar-refractivity contribution in [3.8, 4) is 5.75 Å². The Bertz CT molecular complexity index is 695. The maximum absolute atomic E-state index is 11.3. The molecular weight excluding hydrogens is 321 g/mol. The van der Waals surface area contributed by atoms with Crippen LogP contribution in [0.5, 0.6) is 5.75 Å². The molecule has 7 heteroatoms. The van der Waals surface area contributed by atoms with Crippen molar-refractivity contribution in [2.24, 2.45) is 0 Å². The molecule has 0 unspecified atom stereocenters. The zero-order chi connectivity index (χ0) is 18.8. The summed E-state index contributed by atoms with van der Waals surface area (Å²) >= 11 is 0. The lowest BCUT2D eigenvalue weighted by Gasteiger charge is -2.32. The normalized spacial score (nSPS) is 18.9. The van der Waals surface area contributed by atoms with Crippen molar-refractivity contribution in [1.29, 1.82) is 0 Å². The molecule has 1 aliphatic rings. The van der Waals surface area contributed by atoms with Gasteiger partial charge in [0.05, 0.1) is 16.8 Å². The lowest BCUT2D eigenvalue weighted by Crippen LogP contribution is -2.41. The lowest BCUT2D eigenvalue weighted by atomic mass is 9.77. The molecule has 0 saturated carbocycles. The van der Waals surface area contributed by atoms with E-state index in [0.29, 0.717) is 11.8 Å². The highest BCUT2D eigenvalue weighted by Crippen LogP contribution is 2.38. The first-order chi connectivity index (χ1) is 11.6. The topological polar surface area (TPSA) is 84.9 Å². The molecule has 1 heterocycles. The van der Waals surface area contributed by atoms with Crippen molar-refractivity contribution >= 4 is 25.4 Å². The Labute approximate surface area is 148 Å². The number of phenolic OH excluding ortho intramolecular Hbond substituents is 1. The van der Waals surface area contributed by atoms with Crippen LogP contribution < -0.4 is 5.32 Å². The summed E-state index contributed by atoms with van der Waals surface area (Å²) in [5.41, 5.74) is 0.610. The minimum atomic E-state index is -0.620. The van der Waals surface area contributed by atoms with Gasteiger partial charge in [-0.25, -0.2) is 0 Å². The number of phenols is 1. The van der Waals surface area contributed by atoms with Crippen LogP contribution in [0.25, 0.3) is 6.08 Å². The van der Waals surface area contributed by atoms with Gasteiger partial charge in [-0.05, 0) is 50.9 Å². The van der Waals surface area contributed by atoms with Gasteiger partial charge in [0, 0.05) is 13.5 Å².